The number of nitrogens with one attached hydrogen (secondary N) is 1. The number of carbonyl (C=O) groups is 1. The molecule has 2 aromatic rings. The molecule has 0 saturated heterocycles. The molecule has 1 unspecified atom stereocenters. The highest BCUT2D eigenvalue weighted by molar-refractivity contribution is 5.76. The van der Waals surface area contributed by atoms with Crippen LogP contribution in [0.4, 0.5) is 0 Å². The fourth-order valence-electron chi connectivity index (χ4n) is 2.28. The highest BCUT2D eigenvalue weighted by Crippen LogP contribution is 2.21. The van der Waals surface area contributed by atoms with Crippen molar-refractivity contribution in [2.24, 2.45) is 5.41 Å². The van der Waals surface area contributed by atoms with Crippen LogP contribution < -0.4 is 5.32 Å². The zero-order valence-corrected chi connectivity index (χ0v) is 13.6. The van der Waals surface area contributed by atoms with Gasteiger partial charge in [0, 0.05) is 25.4 Å². The summed E-state index contributed by atoms with van der Waals surface area (Å²) in [5.74, 6) is 0.101. The minimum Gasteiger partial charge on any atom is -0.347 e. The fraction of sp³-hybridized carbons (Fsp3) is 0.444. The van der Waals surface area contributed by atoms with E-state index in [1.54, 1.807) is 12.5 Å². The van der Waals surface area contributed by atoms with Crippen molar-refractivity contribution in [1.82, 2.24) is 14.9 Å². The van der Waals surface area contributed by atoms with Gasteiger partial charge in [0.1, 0.15) is 0 Å². The Hall–Kier alpha value is -2.10. The highest BCUT2D eigenvalue weighted by Gasteiger charge is 2.17. The van der Waals surface area contributed by atoms with Crippen molar-refractivity contribution in [2.75, 3.05) is 0 Å². The number of benzene rings is 1. The van der Waals surface area contributed by atoms with E-state index in [4.69, 9.17) is 0 Å². The number of hydrogen-bond acceptors (Lipinski definition) is 2. The van der Waals surface area contributed by atoms with Crippen molar-refractivity contribution in [1.29, 1.82) is 0 Å². The molecule has 1 amide bonds. The Morgan fingerprint density at radius 3 is 2.59 bits per heavy atom. The topological polar surface area (TPSA) is 46.9 Å². The van der Waals surface area contributed by atoms with Crippen LogP contribution in [-0.2, 0) is 11.3 Å². The number of aromatic nitrogens is 2. The van der Waals surface area contributed by atoms with Crippen LogP contribution in [0.2, 0.25) is 0 Å². The van der Waals surface area contributed by atoms with E-state index in [9.17, 15) is 4.79 Å². The minimum atomic E-state index is -0.0390. The summed E-state index contributed by atoms with van der Waals surface area (Å²) >= 11 is 0. The van der Waals surface area contributed by atoms with Crippen LogP contribution in [-0.4, -0.2) is 15.5 Å². The van der Waals surface area contributed by atoms with E-state index in [-0.39, 0.29) is 17.4 Å². The van der Waals surface area contributed by atoms with E-state index in [0.717, 1.165) is 12.0 Å². The molecule has 0 aliphatic rings. The molecule has 0 bridgehead atoms. The van der Waals surface area contributed by atoms with Crippen LogP contribution in [0.1, 0.15) is 45.2 Å². The summed E-state index contributed by atoms with van der Waals surface area (Å²) in [5.41, 5.74) is 1.28. The van der Waals surface area contributed by atoms with Crippen molar-refractivity contribution in [3.63, 3.8) is 0 Å². The zero-order valence-electron chi connectivity index (χ0n) is 13.6. The van der Waals surface area contributed by atoms with Gasteiger partial charge < -0.3 is 9.88 Å². The number of carbonyl (C=O) groups excluding carboxylic acids is 1. The summed E-state index contributed by atoms with van der Waals surface area (Å²) in [4.78, 5) is 16.3. The molecule has 0 aliphatic carbocycles. The van der Waals surface area contributed by atoms with E-state index >= 15 is 0 Å². The third-order valence-electron chi connectivity index (χ3n) is 3.59. The van der Waals surface area contributed by atoms with Crippen molar-refractivity contribution in [2.45, 2.75) is 46.2 Å². The summed E-state index contributed by atoms with van der Waals surface area (Å²) in [6, 6.07) is 10.0. The number of nitrogens with zero attached hydrogens (tertiary/aromatic N) is 2. The highest BCUT2D eigenvalue weighted by atomic mass is 16.1. The molecule has 0 spiro atoms. The molecule has 1 aromatic carbocycles. The molecule has 1 aromatic heterocycles. The van der Waals surface area contributed by atoms with Crippen LogP contribution >= 0.6 is 0 Å². The minimum absolute atomic E-state index is 0.0390. The molecule has 0 fully saturated rings. The second kappa shape index (κ2) is 7.25. The van der Waals surface area contributed by atoms with Crippen LogP contribution in [0.5, 0.6) is 0 Å². The molecule has 4 heteroatoms. The van der Waals surface area contributed by atoms with Crippen LogP contribution in [0, 0.1) is 5.41 Å². The molecule has 2 rings (SSSR count). The third-order valence-corrected chi connectivity index (χ3v) is 3.59. The van der Waals surface area contributed by atoms with Gasteiger partial charge in [0.15, 0.2) is 0 Å². The standard InChI is InChI=1S/C18H25N3O/c1-18(2,3)10-9-17(22)20-16(13-21-12-11-19-14-21)15-7-5-4-6-8-15/h4-8,11-12,14,16H,9-10,13H2,1-3H3,(H,20,22). The van der Waals surface area contributed by atoms with E-state index < -0.39 is 0 Å². The first-order valence-corrected chi connectivity index (χ1v) is 7.74. The average Bonchev–Trinajstić information content (AvgIpc) is 2.98. The number of rotatable bonds is 6. The molecule has 4 nitrogen and oxygen atoms in total. The molecular weight excluding hydrogens is 274 g/mol. The van der Waals surface area contributed by atoms with Gasteiger partial charge in [0.2, 0.25) is 5.91 Å². The van der Waals surface area contributed by atoms with Crippen molar-refractivity contribution < 1.29 is 4.79 Å². The summed E-state index contributed by atoms with van der Waals surface area (Å²) in [6.07, 6.45) is 6.88. The van der Waals surface area contributed by atoms with Crippen molar-refractivity contribution in [3.8, 4) is 0 Å². The van der Waals surface area contributed by atoms with E-state index in [2.05, 4.69) is 31.1 Å². The summed E-state index contributed by atoms with van der Waals surface area (Å²) in [6.45, 7) is 7.15. The SMILES string of the molecule is CC(C)(C)CCC(=O)NC(Cn1ccnc1)c1ccccc1. The lowest BCUT2D eigenvalue weighted by Gasteiger charge is -2.22. The molecule has 1 atom stereocenters. The Morgan fingerprint density at radius 2 is 2.00 bits per heavy atom. The number of amides is 1. The van der Waals surface area contributed by atoms with Crippen LogP contribution in [0.15, 0.2) is 49.1 Å². The maximum atomic E-state index is 12.3. The first-order valence-electron chi connectivity index (χ1n) is 7.74. The molecule has 118 valence electrons. The lowest BCUT2D eigenvalue weighted by atomic mass is 9.90. The Bertz CT molecular complexity index is 570. The van der Waals surface area contributed by atoms with Gasteiger partial charge in [-0.05, 0) is 17.4 Å². The summed E-state index contributed by atoms with van der Waals surface area (Å²) in [5, 5.41) is 3.16. The van der Waals surface area contributed by atoms with Gasteiger partial charge in [-0.15, -0.1) is 0 Å². The Kier molecular flexibility index (Phi) is 5.36. The van der Waals surface area contributed by atoms with E-state index in [0.29, 0.717) is 13.0 Å². The average molecular weight is 299 g/mol. The monoisotopic (exact) mass is 299 g/mol. The predicted molar refractivity (Wildman–Crippen MR) is 88.2 cm³/mol. The Balaban J connectivity index is 2.03. The molecule has 1 N–H and O–H groups in total. The quantitative estimate of drug-likeness (QED) is 0.886. The lowest BCUT2D eigenvalue weighted by Crippen LogP contribution is -2.31. The Morgan fingerprint density at radius 1 is 1.27 bits per heavy atom. The first kappa shape index (κ1) is 16.3. The molecule has 0 aliphatic heterocycles. The largest absolute Gasteiger partial charge is 0.347 e. The molecule has 22 heavy (non-hydrogen) atoms. The zero-order chi connectivity index (χ0) is 16.0. The fourth-order valence-corrected chi connectivity index (χ4v) is 2.28. The molecule has 0 saturated carbocycles. The van der Waals surface area contributed by atoms with Gasteiger partial charge in [-0.2, -0.15) is 0 Å². The van der Waals surface area contributed by atoms with Crippen LogP contribution in [0.25, 0.3) is 0 Å². The number of hydrogen-bond donors (Lipinski definition) is 1. The second-order valence-electron chi connectivity index (χ2n) is 6.85. The van der Waals surface area contributed by atoms with Crippen molar-refractivity contribution in [3.05, 3.63) is 54.6 Å². The second-order valence-corrected chi connectivity index (χ2v) is 6.85. The van der Waals surface area contributed by atoms with Gasteiger partial charge in [-0.1, -0.05) is 51.1 Å². The first-order chi connectivity index (χ1) is 10.4. The maximum Gasteiger partial charge on any atom is 0.220 e. The summed E-state index contributed by atoms with van der Waals surface area (Å²) in [7, 11) is 0. The smallest absolute Gasteiger partial charge is 0.220 e. The number of imidazole rings is 1. The van der Waals surface area contributed by atoms with Crippen LogP contribution in [0.3, 0.4) is 0 Å². The lowest BCUT2D eigenvalue weighted by molar-refractivity contribution is -0.122. The molecular formula is C18H25N3O. The van der Waals surface area contributed by atoms with Crippen molar-refractivity contribution >= 4 is 5.91 Å². The van der Waals surface area contributed by atoms with Gasteiger partial charge in [-0.25, -0.2) is 4.98 Å². The predicted octanol–water partition coefficient (Wildman–Crippen LogP) is 3.57. The van der Waals surface area contributed by atoms with E-state index in [1.807, 2.05) is 41.1 Å². The van der Waals surface area contributed by atoms with Gasteiger partial charge >= 0.3 is 0 Å². The van der Waals surface area contributed by atoms with Gasteiger partial charge in [0.25, 0.3) is 0 Å². The Labute approximate surface area is 132 Å². The maximum absolute atomic E-state index is 12.3. The summed E-state index contributed by atoms with van der Waals surface area (Å²) < 4.78 is 1.99. The third kappa shape index (κ3) is 5.35. The van der Waals surface area contributed by atoms with Gasteiger partial charge in [0.05, 0.1) is 12.4 Å². The van der Waals surface area contributed by atoms with E-state index in [1.165, 1.54) is 0 Å². The molecule has 1 heterocycles. The van der Waals surface area contributed by atoms with Gasteiger partial charge in [-0.3, -0.25) is 4.79 Å². The normalized spacial score (nSPS) is 12.9. The molecule has 0 radical (unpaired) electrons.